The number of amides is 1. The smallest absolute Gasteiger partial charge is 0.237 e. The van der Waals surface area contributed by atoms with Crippen molar-refractivity contribution in [2.45, 2.75) is 45.2 Å². The van der Waals surface area contributed by atoms with Crippen molar-refractivity contribution in [3.8, 4) is 0 Å². The third kappa shape index (κ3) is 3.22. The highest BCUT2D eigenvalue weighted by molar-refractivity contribution is 5.81. The van der Waals surface area contributed by atoms with Crippen molar-refractivity contribution < 1.29 is 4.79 Å². The van der Waals surface area contributed by atoms with Crippen LogP contribution in [0.15, 0.2) is 0 Å². The van der Waals surface area contributed by atoms with Crippen molar-refractivity contribution in [2.24, 2.45) is 11.7 Å². The third-order valence-corrected chi connectivity index (χ3v) is 1.99. The summed E-state index contributed by atoms with van der Waals surface area (Å²) in [6.45, 7) is 4.15. The van der Waals surface area contributed by atoms with Crippen LogP contribution in [0.4, 0.5) is 0 Å². The molecule has 0 aromatic carbocycles. The van der Waals surface area contributed by atoms with Gasteiger partial charge in [-0.3, -0.25) is 4.79 Å². The fourth-order valence-electron chi connectivity index (χ4n) is 1.15. The monoisotopic (exact) mass is 170 g/mol. The lowest BCUT2D eigenvalue weighted by molar-refractivity contribution is -0.122. The Morgan fingerprint density at radius 3 is 2.58 bits per heavy atom. The summed E-state index contributed by atoms with van der Waals surface area (Å²) in [4.78, 5) is 11.3. The minimum Gasteiger partial charge on any atom is -0.352 e. The van der Waals surface area contributed by atoms with E-state index in [9.17, 15) is 4.79 Å². The molecule has 0 aromatic rings. The minimum atomic E-state index is -0.314. The third-order valence-electron chi connectivity index (χ3n) is 1.99. The topological polar surface area (TPSA) is 55.1 Å². The standard InChI is InChI=1S/C9H18N2O/c1-6(2)5-8(10)9(12)11-7-3-4-7/h6-8H,3-5,10H2,1-2H3,(H,11,12). The predicted octanol–water partition coefficient (Wildman–Crippen LogP) is 0.638. The maximum absolute atomic E-state index is 11.3. The first-order valence-corrected chi connectivity index (χ1v) is 4.65. The molecule has 1 unspecified atom stereocenters. The molecule has 0 aliphatic heterocycles. The molecular formula is C9H18N2O. The quantitative estimate of drug-likeness (QED) is 0.650. The molecule has 1 saturated carbocycles. The summed E-state index contributed by atoms with van der Waals surface area (Å²) < 4.78 is 0. The van der Waals surface area contributed by atoms with E-state index in [0.717, 1.165) is 19.3 Å². The molecule has 0 heterocycles. The molecule has 12 heavy (non-hydrogen) atoms. The zero-order valence-electron chi connectivity index (χ0n) is 7.84. The van der Waals surface area contributed by atoms with Crippen LogP contribution in [0, 0.1) is 5.92 Å². The SMILES string of the molecule is CC(C)CC(N)C(=O)NC1CC1. The first kappa shape index (κ1) is 9.52. The molecule has 3 nitrogen and oxygen atoms in total. The number of nitrogens with one attached hydrogen (secondary N) is 1. The van der Waals surface area contributed by atoms with Gasteiger partial charge < -0.3 is 11.1 Å². The lowest BCUT2D eigenvalue weighted by Gasteiger charge is -2.13. The molecule has 1 aliphatic rings. The van der Waals surface area contributed by atoms with Crippen LogP contribution in [0.1, 0.15) is 33.1 Å². The molecule has 3 N–H and O–H groups in total. The van der Waals surface area contributed by atoms with Crippen molar-refractivity contribution in [3.63, 3.8) is 0 Å². The van der Waals surface area contributed by atoms with Crippen LogP contribution in [-0.2, 0) is 4.79 Å². The van der Waals surface area contributed by atoms with Gasteiger partial charge in [0.05, 0.1) is 6.04 Å². The Morgan fingerprint density at radius 2 is 2.17 bits per heavy atom. The zero-order chi connectivity index (χ0) is 9.14. The van der Waals surface area contributed by atoms with Gasteiger partial charge in [-0.05, 0) is 25.2 Å². The van der Waals surface area contributed by atoms with Crippen molar-refractivity contribution in [1.29, 1.82) is 0 Å². The molecule has 0 aromatic heterocycles. The van der Waals surface area contributed by atoms with Gasteiger partial charge in [0.2, 0.25) is 5.91 Å². The van der Waals surface area contributed by atoms with Crippen molar-refractivity contribution in [1.82, 2.24) is 5.32 Å². The molecule has 0 spiro atoms. The van der Waals surface area contributed by atoms with E-state index in [-0.39, 0.29) is 11.9 Å². The van der Waals surface area contributed by atoms with Gasteiger partial charge in [0.15, 0.2) is 0 Å². The van der Waals surface area contributed by atoms with Crippen LogP contribution in [-0.4, -0.2) is 18.0 Å². The van der Waals surface area contributed by atoms with Crippen LogP contribution in [0.2, 0.25) is 0 Å². The highest BCUT2D eigenvalue weighted by Crippen LogP contribution is 2.18. The number of hydrogen-bond donors (Lipinski definition) is 2. The Labute approximate surface area is 73.7 Å². The van der Waals surface area contributed by atoms with Gasteiger partial charge in [0, 0.05) is 6.04 Å². The van der Waals surface area contributed by atoms with Crippen LogP contribution in [0.3, 0.4) is 0 Å². The molecule has 0 bridgehead atoms. The maximum atomic E-state index is 11.3. The Balaban J connectivity index is 2.19. The van der Waals surface area contributed by atoms with Gasteiger partial charge in [-0.25, -0.2) is 0 Å². The van der Waals surface area contributed by atoms with E-state index in [1.165, 1.54) is 0 Å². The average Bonchev–Trinajstić information content (AvgIpc) is 2.70. The van der Waals surface area contributed by atoms with Gasteiger partial charge in [-0.1, -0.05) is 13.8 Å². The molecule has 1 rings (SSSR count). The largest absolute Gasteiger partial charge is 0.352 e. The summed E-state index contributed by atoms with van der Waals surface area (Å²) in [6.07, 6.45) is 3.03. The second kappa shape index (κ2) is 3.90. The fraction of sp³-hybridized carbons (Fsp3) is 0.889. The summed E-state index contributed by atoms with van der Waals surface area (Å²) in [5.41, 5.74) is 5.68. The second-order valence-corrected chi connectivity index (χ2v) is 4.02. The Kier molecular flexibility index (Phi) is 3.09. The fourth-order valence-corrected chi connectivity index (χ4v) is 1.15. The number of rotatable bonds is 4. The average molecular weight is 170 g/mol. The van der Waals surface area contributed by atoms with Crippen molar-refractivity contribution in [2.75, 3.05) is 0 Å². The van der Waals surface area contributed by atoms with Gasteiger partial charge in [-0.15, -0.1) is 0 Å². The number of carbonyl (C=O) groups excluding carboxylic acids is 1. The van der Waals surface area contributed by atoms with Gasteiger partial charge in [-0.2, -0.15) is 0 Å². The molecular weight excluding hydrogens is 152 g/mol. The maximum Gasteiger partial charge on any atom is 0.237 e. The van der Waals surface area contributed by atoms with E-state index in [4.69, 9.17) is 5.73 Å². The normalized spacial score (nSPS) is 19.3. The van der Waals surface area contributed by atoms with E-state index in [0.29, 0.717) is 12.0 Å². The van der Waals surface area contributed by atoms with Crippen LogP contribution in [0.25, 0.3) is 0 Å². The van der Waals surface area contributed by atoms with E-state index in [1.807, 2.05) is 0 Å². The van der Waals surface area contributed by atoms with Gasteiger partial charge in [0.1, 0.15) is 0 Å². The predicted molar refractivity (Wildman–Crippen MR) is 48.6 cm³/mol. The molecule has 0 saturated heterocycles. The van der Waals surface area contributed by atoms with E-state index in [1.54, 1.807) is 0 Å². The summed E-state index contributed by atoms with van der Waals surface area (Å²) in [6, 6.07) is 0.112. The molecule has 1 atom stereocenters. The lowest BCUT2D eigenvalue weighted by Crippen LogP contribution is -2.42. The molecule has 3 heteroatoms. The second-order valence-electron chi connectivity index (χ2n) is 4.02. The first-order chi connectivity index (χ1) is 5.59. The Hall–Kier alpha value is -0.570. The summed E-state index contributed by atoms with van der Waals surface area (Å²) in [7, 11) is 0. The summed E-state index contributed by atoms with van der Waals surface area (Å²) in [5.74, 6) is 0.510. The Morgan fingerprint density at radius 1 is 1.58 bits per heavy atom. The molecule has 1 aliphatic carbocycles. The molecule has 70 valence electrons. The van der Waals surface area contributed by atoms with Gasteiger partial charge >= 0.3 is 0 Å². The number of carbonyl (C=O) groups is 1. The van der Waals surface area contributed by atoms with E-state index >= 15 is 0 Å². The number of hydrogen-bond acceptors (Lipinski definition) is 2. The van der Waals surface area contributed by atoms with E-state index in [2.05, 4.69) is 19.2 Å². The minimum absolute atomic E-state index is 0.0196. The van der Waals surface area contributed by atoms with Crippen LogP contribution in [0.5, 0.6) is 0 Å². The molecule has 1 amide bonds. The Bertz CT molecular complexity index is 164. The highest BCUT2D eigenvalue weighted by Gasteiger charge is 2.25. The van der Waals surface area contributed by atoms with Crippen LogP contribution >= 0.6 is 0 Å². The highest BCUT2D eigenvalue weighted by atomic mass is 16.2. The molecule has 0 radical (unpaired) electrons. The van der Waals surface area contributed by atoms with E-state index < -0.39 is 0 Å². The molecule has 1 fully saturated rings. The lowest BCUT2D eigenvalue weighted by atomic mass is 10.0. The van der Waals surface area contributed by atoms with Crippen molar-refractivity contribution >= 4 is 5.91 Å². The summed E-state index contributed by atoms with van der Waals surface area (Å²) >= 11 is 0. The van der Waals surface area contributed by atoms with Crippen LogP contribution < -0.4 is 11.1 Å². The first-order valence-electron chi connectivity index (χ1n) is 4.65. The zero-order valence-corrected chi connectivity index (χ0v) is 7.84. The summed E-state index contributed by atoms with van der Waals surface area (Å²) in [5, 5.41) is 2.90. The van der Waals surface area contributed by atoms with Crippen molar-refractivity contribution in [3.05, 3.63) is 0 Å². The number of nitrogens with two attached hydrogens (primary N) is 1. The van der Waals surface area contributed by atoms with Gasteiger partial charge in [0.25, 0.3) is 0 Å².